The second kappa shape index (κ2) is 2.92. The summed E-state index contributed by atoms with van der Waals surface area (Å²) in [7, 11) is 0. The maximum absolute atomic E-state index is 9.90. The summed E-state index contributed by atoms with van der Waals surface area (Å²) in [4.78, 5) is 9.90. The Balaban J connectivity index is 3.64. The van der Waals surface area contributed by atoms with Gasteiger partial charge in [-0.15, -0.1) is 11.6 Å². The summed E-state index contributed by atoms with van der Waals surface area (Å²) >= 11 is 5.29. The Morgan fingerprint density at radius 2 is 2.00 bits per heavy atom. The third kappa shape index (κ3) is 2.17. The smallest absolute Gasteiger partial charge is 0.0753 e. The lowest BCUT2D eigenvalue weighted by atomic mass is 10.1. The predicted molar refractivity (Wildman–Crippen MR) is 29.5 cm³/mol. The van der Waals surface area contributed by atoms with Crippen molar-refractivity contribution in [1.29, 1.82) is 0 Å². The van der Waals surface area contributed by atoms with Crippen LogP contribution in [0.5, 0.6) is 0 Å². The maximum atomic E-state index is 9.90. The van der Waals surface area contributed by atoms with E-state index < -0.39 is 11.3 Å². The van der Waals surface area contributed by atoms with E-state index in [0.29, 0.717) is 0 Å². The van der Waals surface area contributed by atoms with Gasteiger partial charge in [-0.25, -0.2) is 0 Å². The average molecular weight is 136 g/mol. The molecule has 0 fully saturated rings. The van der Waals surface area contributed by atoms with E-state index in [1.54, 1.807) is 13.8 Å². The number of carbonyl (C=O) groups excluding carboxylic acids is 1. The van der Waals surface area contributed by atoms with Gasteiger partial charge in [0.1, 0.15) is 0 Å². The molecule has 0 aromatic rings. The number of rotatable bonds is 2. The Kier molecular flexibility index (Phi) is 2.84. The third-order valence-electron chi connectivity index (χ3n) is 0.810. The fraction of sp³-hybridized carbons (Fsp3) is 0.800. The molecule has 2 nitrogen and oxygen atoms in total. The number of alkyl halides is 1. The molecule has 0 saturated carbocycles. The van der Waals surface area contributed by atoms with Crippen molar-refractivity contribution in [2.75, 3.05) is 0 Å². The van der Waals surface area contributed by atoms with Gasteiger partial charge in [0.2, 0.25) is 0 Å². The number of aliphatic carboxylic acids is 1. The molecule has 1 atom stereocenters. The molecule has 0 spiro atoms. The second-order valence-corrected chi connectivity index (χ2v) is 2.44. The van der Waals surface area contributed by atoms with E-state index in [4.69, 9.17) is 11.6 Å². The van der Waals surface area contributed by atoms with Gasteiger partial charge in [0.05, 0.1) is 11.3 Å². The van der Waals surface area contributed by atoms with Gasteiger partial charge < -0.3 is 9.90 Å². The van der Waals surface area contributed by atoms with Crippen LogP contribution in [0, 0.1) is 5.92 Å². The molecule has 0 aromatic heterocycles. The largest absolute Gasteiger partial charge is 0.549 e. The first-order chi connectivity index (χ1) is 3.55. The van der Waals surface area contributed by atoms with Gasteiger partial charge in [0.25, 0.3) is 0 Å². The molecule has 0 heterocycles. The number of carbonyl (C=O) groups is 1. The molecule has 48 valence electrons. The molecule has 0 N–H and O–H groups in total. The molecule has 0 aliphatic heterocycles. The SMILES string of the molecule is CC(C)C(Cl)C(=O)[O-]. The summed E-state index contributed by atoms with van der Waals surface area (Å²) in [5.74, 6) is -1.25. The van der Waals surface area contributed by atoms with E-state index in [9.17, 15) is 9.90 Å². The summed E-state index contributed by atoms with van der Waals surface area (Å²) in [5, 5.41) is 9.05. The topological polar surface area (TPSA) is 40.1 Å². The monoisotopic (exact) mass is 135 g/mol. The first-order valence-electron chi connectivity index (χ1n) is 2.40. The zero-order valence-electron chi connectivity index (χ0n) is 4.85. The van der Waals surface area contributed by atoms with Crippen LogP contribution < -0.4 is 5.11 Å². The zero-order valence-corrected chi connectivity index (χ0v) is 5.61. The lowest BCUT2D eigenvalue weighted by molar-refractivity contribution is -0.305. The molecule has 0 rings (SSSR count). The van der Waals surface area contributed by atoms with Crippen molar-refractivity contribution in [2.45, 2.75) is 19.2 Å². The third-order valence-corrected chi connectivity index (χ3v) is 1.49. The highest BCUT2D eigenvalue weighted by atomic mass is 35.5. The number of carboxylic acids is 1. The summed E-state index contributed by atoms with van der Waals surface area (Å²) in [6, 6.07) is 0. The molecule has 1 unspecified atom stereocenters. The van der Waals surface area contributed by atoms with Crippen molar-refractivity contribution >= 4 is 17.6 Å². The molecule has 0 aromatic carbocycles. The van der Waals surface area contributed by atoms with Crippen LogP contribution in [0.15, 0.2) is 0 Å². The highest BCUT2D eigenvalue weighted by Crippen LogP contribution is 2.06. The lowest BCUT2D eigenvalue weighted by Gasteiger charge is -2.12. The Morgan fingerprint density at radius 3 is 2.00 bits per heavy atom. The van der Waals surface area contributed by atoms with Gasteiger partial charge in [-0.1, -0.05) is 13.8 Å². The first kappa shape index (κ1) is 7.76. The summed E-state index contributed by atoms with van der Waals surface area (Å²) in [6.07, 6.45) is 0. The van der Waals surface area contributed by atoms with Gasteiger partial charge in [-0.05, 0) is 5.92 Å². The van der Waals surface area contributed by atoms with Crippen molar-refractivity contribution in [1.82, 2.24) is 0 Å². The van der Waals surface area contributed by atoms with Crippen LogP contribution in [0.4, 0.5) is 0 Å². The Morgan fingerprint density at radius 1 is 1.62 bits per heavy atom. The summed E-state index contributed by atoms with van der Waals surface area (Å²) in [6.45, 7) is 3.46. The van der Waals surface area contributed by atoms with Crippen molar-refractivity contribution in [3.63, 3.8) is 0 Å². The number of halogens is 1. The van der Waals surface area contributed by atoms with E-state index in [0.717, 1.165) is 0 Å². The van der Waals surface area contributed by atoms with Crippen LogP contribution in [-0.2, 0) is 4.79 Å². The number of carboxylic acid groups (broad SMARTS) is 1. The van der Waals surface area contributed by atoms with E-state index in [1.807, 2.05) is 0 Å². The van der Waals surface area contributed by atoms with Gasteiger partial charge in [-0.3, -0.25) is 0 Å². The summed E-state index contributed by atoms with van der Waals surface area (Å²) < 4.78 is 0. The van der Waals surface area contributed by atoms with Crippen LogP contribution in [0.3, 0.4) is 0 Å². The molecule has 8 heavy (non-hydrogen) atoms. The normalized spacial score (nSPS) is 14.0. The van der Waals surface area contributed by atoms with Crippen LogP contribution in [-0.4, -0.2) is 11.3 Å². The van der Waals surface area contributed by atoms with E-state index in [2.05, 4.69) is 0 Å². The second-order valence-electron chi connectivity index (χ2n) is 1.96. The highest BCUT2D eigenvalue weighted by molar-refractivity contribution is 6.29. The average Bonchev–Trinajstić information content (AvgIpc) is 1.64. The van der Waals surface area contributed by atoms with Crippen molar-refractivity contribution in [2.24, 2.45) is 5.92 Å². The standard InChI is InChI=1S/C5H9ClO2/c1-3(2)4(6)5(7)8/h3-4H,1-2H3,(H,7,8)/p-1. The van der Waals surface area contributed by atoms with Gasteiger partial charge in [0, 0.05) is 0 Å². The summed E-state index contributed by atoms with van der Waals surface area (Å²) in [5.41, 5.74) is 0. The molecular weight excluding hydrogens is 128 g/mol. The van der Waals surface area contributed by atoms with E-state index in [1.165, 1.54) is 0 Å². The molecule has 0 amide bonds. The van der Waals surface area contributed by atoms with Gasteiger partial charge in [0.15, 0.2) is 0 Å². The molecular formula is C5H8ClO2-. The van der Waals surface area contributed by atoms with Crippen LogP contribution in [0.1, 0.15) is 13.8 Å². The Hall–Kier alpha value is -0.240. The molecule has 0 aliphatic carbocycles. The fourth-order valence-electron chi connectivity index (χ4n) is 0.272. The van der Waals surface area contributed by atoms with Crippen molar-refractivity contribution < 1.29 is 9.90 Å². The minimum atomic E-state index is -1.19. The number of hydrogen-bond donors (Lipinski definition) is 0. The molecule has 0 bridgehead atoms. The molecule has 0 saturated heterocycles. The van der Waals surface area contributed by atoms with Crippen LogP contribution in [0.25, 0.3) is 0 Å². The number of hydrogen-bond acceptors (Lipinski definition) is 2. The quantitative estimate of drug-likeness (QED) is 0.500. The fourth-order valence-corrected chi connectivity index (χ4v) is 0.272. The van der Waals surface area contributed by atoms with Crippen molar-refractivity contribution in [3.05, 3.63) is 0 Å². The predicted octanol–water partition coefficient (Wildman–Crippen LogP) is -0.000300. The highest BCUT2D eigenvalue weighted by Gasteiger charge is 2.08. The van der Waals surface area contributed by atoms with E-state index in [-0.39, 0.29) is 5.92 Å². The molecule has 0 radical (unpaired) electrons. The lowest BCUT2D eigenvalue weighted by Crippen LogP contribution is -2.35. The maximum Gasteiger partial charge on any atom is 0.0753 e. The molecule has 0 aliphatic rings. The Labute approximate surface area is 53.5 Å². The van der Waals surface area contributed by atoms with Crippen molar-refractivity contribution in [3.8, 4) is 0 Å². The van der Waals surface area contributed by atoms with Gasteiger partial charge in [-0.2, -0.15) is 0 Å². The Bertz CT molecular complexity index is 90.4. The van der Waals surface area contributed by atoms with Crippen LogP contribution in [0.2, 0.25) is 0 Å². The van der Waals surface area contributed by atoms with Gasteiger partial charge >= 0.3 is 0 Å². The molecule has 3 heteroatoms. The minimum absolute atomic E-state index is 0.0540. The minimum Gasteiger partial charge on any atom is -0.549 e. The zero-order chi connectivity index (χ0) is 6.73. The van der Waals surface area contributed by atoms with E-state index >= 15 is 0 Å². The first-order valence-corrected chi connectivity index (χ1v) is 2.84. The van der Waals surface area contributed by atoms with Crippen LogP contribution >= 0.6 is 11.6 Å².